The lowest BCUT2D eigenvalue weighted by molar-refractivity contribution is 0.0285. The Morgan fingerprint density at radius 3 is 2.77 bits per heavy atom. The van der Waals surface area contributed by atoms with Gasteiger partial charge in [0.2, 0.25) is 0 Å². The first-order valence-corrected chi connectivity index (χ1v) is 7.87. The zero-order valence-electron chi connectivity index (χ0n) is 14.2. The summed E-state index contributed by atoms with van der Waals surface area (Å²) in [7, 11) is 1.96. The molecule has 122 valence electrons. The monoisotopic (exact) mass is 305 g/mol. The largest absolute Gasteiger partial charge is 0.444 e. The second-order valence-corrected chi connectivity index (χ2v) is 7.04. The molecule has 0 radical (unpaired) electrons. The lowest BCUT2D eigenvalue weighted by Gasteiger charge is -2.26. The Hall–Kier alpha value is -1.62. The van der Waals surface area contributed by atoms with E-state index < -0.39 is 5.60 Å². The van der Waals surface area contributed by atoms with Crippen LogP contribution in [0.25, 0.3) is 0 Å². The number of rotatable bonds is 3. The van der Waals surface area contributed by atoms with Crippen LogP contribution in [0.3, 0.4) is 0 Å². The Bertz CT molecular complexity index is 525. The average Bonchev–Trinajstić information content (AvgIpc) is 2.87. The smallest absolute Gasteiger partial charge is 0.410 e. The van der Waals surface area contributed by atoms with Crippen molar-refractivity contribution in [2.45, 2.75) is 45.8 Å². The van der Waals surface area contributed by atoms with Crippen molar-refractivity contribution >= 4 is 6.09 Å². The van der Waals surface area contributed by atoms with Gasteiger partial charge in [-0.3, -0.25) is 4.98 Å². The molecular formula is C17H27N3O2. The minimum atomic E-state index is -0.446. The van der Waals surface area contributed by atoms with Crippen LogP contribution in [-0.4, -0.2) is 41.7 Å². The standard InChI is InChI=1S/C17H27N3O2/c1-12-8-14(10-19-9-12)15(18-5)13-6-7-20(11-13)16(21)22-17(2,3)4/h8-10,13,15,18H,6-7,11H2,1-5H3. The highest BCUT2D eigenvalue weighted by Crippen LogP contribution is 2.30. The number of pyridine rings is 1. The molecule has 2 atom stereocenters. The van der Waals surface area contributed by atoms with E-state index in [0.29, 0.717) is 12.5 Å². The van der Waals surface area contributed by atoms with Gasteiger partial charge in [0, 0.05) is 31.5 Å². The van der Waals surface area contributed by atoms with Gasteiger partial charge >= 0.3 is 6.09 Å². The van der Waals surface area contributed by atoms with Gasteiger partial charge < -0.3 is 15.0 Å². The molecule has 2 rings (SSSR count). The minimum Gasteiger partial charge on any atom is -0.444 e. The molecule has 0 bridgehead atoms. The molecule has 5 heteroatoms. The summed E-state index contributed by atoms with van der Waals surface area (Å²) in [5.74, 6) is 0.376. The second kappa shape index (κ2) is 6.65. The summed E-state index contributed by atoms with van der Waals surface area (Å²) in [6.07, 6.45) is 4.52. The van der Waals surface area contributed by atoms with Crippen LogP contribution in [0.1, 0.15) is 44.4 Å². The first-order valence-electron chi connectivity index (χ1n) is 7.87. The highest BCUT2D eigenvalue weighted by Gasteiger charge is 2.34. The average molecular weight is 305 g/mol. The van der Waals surface area contributed by atoms with Crippen LogP contribution in [0.5, 0.6) is 0 Å². The van der Waals surface area contributed by atoms with Crippen LogP contribution < -0.4 is 5.32 Å². The predicted molar refractivity (Wildman–Crippen MR) is 86.7 cm³/mol. The number of carbonyl (C=O) groups is 1. The fraction of sp³-hybridized carbons (Fsp3) is 0.647. The fourth-order valence-electron chi connectivity index (χ4n) is 2.97. The minimum absolute atomic E-state index is 0.208. The first-order chi connectivity index (χ1) is 10.3. The zero-order valence-corrected chi connectivity index (χ0v) is 14.2. The maximum absolute atomic E-state index is 12.2. The number of likely N-dealkylation sites (tertiary alicyclic amines) is 1. The van der Waals surface area contributed by atoms with E-state index in [1.807, 2.05) is 52.0 Å². The van der Waals surface area contributed by atoms with Crippen molar-refractivity contribution in [1.82, 2.24) is 15.2 Å². The molecule has 1 aromatic heterocycles. The van der Waals surface area contributed by atoms with Crippen LogP contribution in [0.2, 0.25) is 0 Å². The summed E-state index contributed by atoms with van der Waals surface area (Å²) in [4.78, 5) is 18.3. The molecule has 1 fully saturated rings. The van der Waals surface area contributed by atoms with Crippen LogP contribution >= 0.6 is 0 Å². The van der Waals surface area contributed by atoms with Gasteiger partial charge in [0.15, 0.2) is 0 Å². The van der Waals surface area contributed by atoms with E-state index in [1.165, 1.54) is 5.56 Å². The van der Waals surface area contributed by atoms with Crippen LogP contribution in [0, 0.1) is 12.8 Å². The van der Waals surface area contributed by atoms with Gasteiger partial charge in [0.05, 0.1) is 0 Å². The maximum atomic E-state index is 12.2. The summed E-state index contributed by atoms with van der Waals surface area (Å²) in [5, 5.41) is 3.38. The van der Waals surface area contributed by atoms with Crippen molar-refractivity contribution in [3.05, 3.63) is 29.6 Å². The molecule has 0 spiro atoms. The van der Waals surface area contributed by atoms with Gasteiger partial charge in [-0.25, -0.2) is 4.79 Å². The number of ether oxygens (including phenoxy) is 1. The van der Waals surface area contributed by atoms with Crippen LogP contribution in [-0.2, 0) is 4.74 Å². The molecule has 1 N–H and O–H groups in total. The number of hydrogen-bond acceptors (Lipinski definition) is 4. The predicted octanol–water partition coefficient (Wildman–Crippen LogP) is 2.91. The lowest BCUT2D eigenvalue weighted by Crippen LogP contribution is -2.36. The molecule has 1 aromatic rings. The Balaban J connectivity index is 2.03. The van der Waals surface area contributed by atoms with E-state index in [1.54, 1.807) is 0 Å². The van der Waals surface area contributed by atoms with E-state index in [-0.39, 0.29) is 12.1 Å². The number of aromatic nitrogens is 1. The molecule has 1 aliphatic heterocycles. The normalized spacial score (nSPS) is 20.0. The molecule has 0 aromatic carbocycles. The molecule has 22 heavy (non-hydrogen) atoms. The number of hydrogen-bond donors (Lipinski definition) is 1. The van der Waals surface area contributed by atoms with Gasteiger partial charge in [-0.05, 0) is 58.2 Å². The topological polar surface area (TPSA) is 54.5 Å². The Labute approximate surface area is 133 Å². The summed E-state index contributed by atoms with van der Waals surface area (Å²) in [6.45, 7) is 9.20. The van der Waals surface area contributed by atoms with Crippen molar-refractivity contribution in [1.29, 1.82) is 0 Å². The van der Waals surface area contributed by atoms with E-state index in [4.69, 9.17) is 4.74 Å². The molecule has 1 aliphatic rings. The number of aryl methyl sites for hydroxylation is 1. The summed E-state index contributed by atoms with van der Waals surface area (Å²) in [6, 6.07) is 2.37. The quantitative estimate of drug-likeness (QED) is 0.933. The molecule has 2 heterocycles. The van der Waals surface area contributed by atoms with Crippen molar-refractivity contribution < 1.29 is 9.53 Å². The number of nitrogens with one attached hydrogen (secondary N) is 1. The molecule has 1 saturated heterocycles. The summed E-state index contributed by atoms with van der Waals surface area (Å²) < 4.78 is 5.46. The molecule has 0 aliphatic carbocycles. The Morgan fingerprint density at radius 1 is 1.45 bits per heavy atom. The molecule has 2 unspecified atom stereocenters. The van der Waals surface area contributed by atoms with Gasteiger partial charge in [-0.15, -0.1) is 0 Å². The second-order valence-electron chi connectivity index (χ2n) is 7.04. The third-order valence-electron chi connectivity index (χ3n) is 3.91. The maximum Gasteiger partial charge on any atom is 0.410 e. The van der Waals surface area contributed by atoms with Gasteiger partial charge in [0.1, 0.15) is 5.60 Å². The summed E-state index contributed by atoms with van der Waals surface area (Å²) >= 11 is 0. The third kappa shape index (κ3) is 4.19. The summed E-state index contributed by atoms with van der Waals surface area (Å²) in [5.41, 5.74) is 1.89. The van der Waals surface area contributed by atoms with Gasteiger partial charge in [-0.2, -0.15) is 0 Å². The Morgan fingerprint density at radius 2 is 2.18 bits per heavy atom. The van der Waals surface area contributed by atoms with Crippen molar-refractivity contribution in [3.8, 4) is 0 Å². The zero-order chi connectivity index (χ0) is 16.3. The van der Waals surface area contributed by atoms with Crippen LogP contribution in [0.4, 0.5) is 4.79 Å². The molecule has 0 saturated carbocycles. The van der Waals surface area contributed by atoms with Gasteiger partial charge in [-0.1, -0.05) is 6.07 Å². The number of nitrogens with zero attached hydrogens (tertiary/aromatic N) is 2. The third-order valence-corrected chi connectivity index (χ3v) is 3.91. The molecule has 1 amide bonds. The van der Waals surface area contributed by atoms with E-state index in [0.717, 1.165) is 18.5 Å². The highest BCUT2D eigenvalue weighted by molar-refractivity contribution is 5.68. The SMILES string of the molecule is CNC(c1cncc(C)c1)C1CCN(C(=O)OC(C)(C)C)C1. The number of amides is 1. The first kappa shape index (κ1) is 16.7. The molecular weight excluding hydrogens is 278 g/mol. The van der Waals surface area contributed by atoms with E-state index >= 15 is 0 Å². The van der Waals surface area contributed by atoms with Gasteiger partial charge in [0.25, 0.3) is 0 Å². The molecule has 5 nitrogen and oxygen atoms in total. The van der Waals surface area contributed by atoms with E-state index in [9.17, 15) is 4.79 Å². The lowest BCUT2D eigenvalue weighted by atomic mass is 9.93. The van der Waals surface area contributed by atoms with Crippen molar-refractivity contribution in [2.75, 3.05) is 20.1 Å². The fourth-order valence-corrected chi connectivity index (χ4v) is 2.97. The van der Waals surface area contributed by atoms with Crippen molar-refractivity contribution in [3.63, 3.8) is 0 Å². The van der Waals surface area contributed by atoms with E-state index in [2.05, 4.69) is 16.4 Å². The Kier molecular flexibility index (Phi) is 5.06. The highest BCUT2D eigenvalue weighted by atomic mass is 16.6. The van der Waals surface area contributed by atoms with Crippen LogP contribution in [0.15, 0.2) is 18.5 Å². The van der Waals surface area contributed by atoms with Crippen molar-refractivity contribution in [2.24, 2.45) is 5.92 Å². The number of carbonyl (C=O) groups excluding carboxylic acids is 1.